The standard InChI is InChI=1S/C14H23N3O.2ClH/c1-17(12-13-6-3-2-4-7-13)11-10-16-14(18)8-5-9-15;;/h2-4,6-7H,5,8-12,15H2,1H3,(H,16,18);2*1H. The van der Waals surface area contributed by atoms with Crippen LogP contribution in [0.1, 0.15) is 18.4 Å². The number of likely N-dealkylation sites (N-methyl/N-ethyl adjacent to an activating group) is 1. The van der Waals surface area contributed by atoms with Crippen molar-refractivity contribution in [1.82, 2.24) is 10.2 Å². The number of carbonyl (C=O) groups excluding carboxylic acids is 1. The van der Waals surface area contributed by atoms with Crippen molar-refractivity contribution in [2.24, 2.45) is 5.73 Å². The summed E-state index contributed by atoms with van der Waals surface area (Å²) in [5.74, 6) is 0.0913. The zero-order valence-corrected chi connectivity index (χ0v) is 13.5. The van der Waals surface area contributed by atoms with Crippen molar-refractivity contribution in [3.05, 3.63) is 35.9 Å². The molecule has 0 aromatic heterocycles. The van der Waals surface area contributed by atoms with Gasteiger partial charge < -0.3 is 16.0 Å². The van der Waals surface area contributed by atoms with E-state index in [1.807, 2.05) is 18.2 Å². The van der Waals surface area contributed by atoms with Gasteiger partial charge in [0.1, 0.15) is 0 Å². The van der Waals surface area contributed by atoms with E-state index in [-0.39, 0.29) is 30.7 Å². The number of benzene rings is 1. The second kappa shape index (κ2) is 13.2. The predicted molar refractivity (Wildman–Crippen MR) is 88.6 cm³/mol. The van der Waals surface area contributed by atoms with Crippen LogP contribution >= 0.6 is 24.8 Å². The van der Waals surface area contributed by atoms with Gasteiger partial charge in [-0.3, -0.25) is 4.79 Å². The fourth-order valence-corrected chi connectivity index (χ4v) is 1.71. The molecular formula is C14H25Cl2N3O. The normalized spacial score (nSPS) is 9.55. The smallest absolute Gasteiger partial charge is 0.220 e. The van der Waals surface area contributed by atoms with E-state index in [1.54, 1.807) is 0 Å². The molecule has 116 valence electrons. The molecule has 6 heteroatoms. The number of nitrogens with zero attached hydrogens (tertiary/aromatic N) is 1. The van der Waals surface area contributed by atoms with Gasteiger partial charge in [-0.2, -0.15) is 0 Å². The molecule has 0 aliphatic heterocycles. The van der Waals surface area contributed by atoms with Gasteiger partial charge >= 0.3 is 0 Å². The highest BCUT2D eigenvalue weighted by Crippen LogP contribution is 2.01. The molecule has 3 N–H and O–H groups in total. The summed E-state index contributed by atoms with van der Waals surface area (Å²) in [7, 11) is 2.05. The lowest BCUT2D eigenvalue weighted by Crippen LogP contribution is -2.32. The number of nitrogens with one attached hydrogen (secondary N) is 1. The van der Waals surface area contributed by atoms with Gasteiger partial charge in [0.25, 0.3) is 0 Å². The maximum absolute atomic E-state index is 11.4. The van der Waals surface area contributed by atoms with Crippen LogP contribution in [0, 0.1) is 0 Å². The summed E-state index contributed by atoms with van der Waals surface area (Å²) >= 11 is 0. The molecule has 0 spiro atoms. The Hall–Kier alpha value is -0.810. The first kappa shape index (κ1) is 21.5. The third-order valence-electron chi connectivity index (χ3n) is 2.72. The lowest BCUT2D eigenvalue weighted by Gasteiger charge is -2.16. The highest BCUT2D eigenvalue weighted by Gasteiger charge is 2.02. The first-order valence-corrected chi connectivity index (χ1v) is 6.41. The van der Waals surface area contributed by atoms with Gasteiger partial charge in [-0.05, 0) is 25.6 Å². The summed E-state index contributed by atoms with van der Waals surface area (Å²) in [6.07, 6.45) is 1.28. The monoisotopic (exact) mass is 321 g/mol. The number of hydrogen-bond donors (Lipinski definition) is 2. The molecule has 20 heavy (non-hydrogen) atoms. The summed E-state index contributed by atoms with van der Waals surface area (Å²) in [5, 5.41) is 2.90. The summed E-state index contributed by atoms with van der Waals surface area (Å²) < 4.78 is 0. The van der Waals surface area contributed by atoms with E-state index in [2.05, 4.69) is 29.4 Å². The van der Waals surface area contributed by atoms with Crippen molar-refractivity contribution in [2.45, 2.75) is 19.4 Å². The highest BCUT2D eigenvalue weighted by molar-refractivity contribution is 5.85. The second-order valence-corrected chi connectivity index (χ2v) is 4.47. The van der Waals surface area contributed by atoms with Crippen LogP contribution in [0.3, 0.4) is 0 Å². The minimum atomic E-state index is 0. The van der Waals surface area contributed by atoms with Crippen molar-refractivity contribution in [3.63, 3.8) is 0 Å². The zero-order chi connectivity index (χ0) is 13.2. The molecule has 0 saturated heterocycles. The maximum atomic E-state index is 11.4. The van der Waals surface area contributed by atoms with E-state index in [0.29, 0.717) is 19.5 Å². The molecule has 0 bridgehead atoms. The Labute approximate surface area is 133 Å². The number of carbonyl (C=O) groups is 1. The molecule has 0 heterocycles. The van der Waals surface area contributed by atoms with Crippen molar-refractivity contribution in [3.8, 4) is 0 Å². The second-order valence-electron chi connectivity index (χ2n) is 4.47. The van der Waals surface area contributed by atoms with Gasteiger partial charge in [-0.25, -0.2) is 0 Å². The number of amides is 1. The van der Waals surface area contributed by atoms with Crippen LogP contribution < -0.4 is 11.1 Å². The van der Waals surface area contributed by atoms with Crippen LogP contribution in [0.4, 0.5) is 0 Å². The van der Waals surface area contributed by atoms with E-state index in [9.17, 15) is 4.79 Å². The molecule has 0 fully saturated rings. The Bertz CT molecular complexity index is 350. The fourth-order valence-electron chi connectivity index (χ4n) is 1.71. The van der Waals surface area contributed by atoms with Crippen LogP contribution in [0.25, 0.3) is 0 Å². The van der Waals surface area contributed by atoms with E-state index in [4.69, 9.17) is 5.73 Å². The van der Waals surface area contributed by atoms with Crippen LogP contribution in [0.5, 0.6) is 0 Å². The van der Waals surface area contributed by atoms with Crippen molar-refractivity contribution < 1.29 is 4.79 Å². The van der Waals surface area contributed by atoms with Crippen molar-refractivity contribution in [2.75, 3.05) is 26.7 Å². The van der Waals surface area contributed by atoms with Crippen molar-refractivity contribution >= 4 is 30.7 Å². The molecule has 0 unspecified atom stereocenters. The summed E-state index contributed by atoms with van der Waals surface area (Å²) in [4.78, 5) is 13.5. The van der Waals surface area contributed by atoms with Crippen LogP contribution in [0.15, 0.2) is 30.3 Å². The molecule has 1 rings (SSSR count). The third-order valence-corrected chi connectivity index (χ3v) is 2.72. The van der Waals surface area contributed by atoms with Crippen LogP contribution in [-0.2, 0) is 11.3 Å². The number of halogens is 2. The molecule has 1 amide bonds. The van der Waals surface area contributed by atoms with E-state index < -0.39 is 0 Å². The zero-order valence-electron chi connectivity index (χ0n) is 11.9. The minimum absolute atomic E-state index is 0. The number of hydrogen-bond acceptors (Lipinski definition) is 3. The molecular weight excluding hydrogens is 297 g/mol. The molecule has 0 aliphatic carbocycles. The number of rotatable bonds is 8. The van der Waals surface area contributed by atoms with Gasteiger partial charge in [0.15, 0.2) is 0 Å². The summed E-state index contributed by atoms with van der Waals surface area (Å²) in [6, 6.07) is 10.3. The Morgan fingerprint density at radius 3 is 2.50 bits per heavy atom. The van der Waals surface area contributed by atoms with Crippen LogP contribution in [0.2, 0.25) is 0 Å². The quantitative estimate of drug-likeness (QED) is 0.767. The van der Waals surface area contributed by atoms with E-state index >= 15 is 0 Å². The largest absolute Gasteiger partial charge is 0.355 e. The average Bonchev–Trinajstić information content (AvgIpc) is 2.37. The Morgan fingerprint density at radius 2 is 1.90 bits per heavy atom. The summed E-state index contributed by atoms with van der Waals surface area (Å²) in [6.45, 7) is 3.01. The average molecular weight is 322 g/mol. The molecule has 1 aromatic carbocycles. The molecule has 1 aromatic rings. The first-order valence-electron chi connectivity index (χ1n) is 6.41. The molecule has 0 atom stereocenters. The van der Waals surface area contributed by atoms with E-state index in [1.165, 1.54) is 5.56 Å². The van der Waals surface area contributed by atoms with Gasteiger partial charge in [0, 0.05) is 26.1 Å². The molecule has 0 radical (unpaired) electrons. The maximum Gasteiger partial charge on any atom is 0.220 e. The molecule has 0 aliphatic rings. The molecule has 4 nitrogen and oxygen atoms in total. The first-order chi connectivity index (χ1) is 8.72. The minimum Gasteiger partial charge on any atom is -0.355 e. The Kier molecular flexibility index (Phi) is 14.2. The molecule has 0 saturated carbocycles. The lowest BCUT2D eigenvalue weighted by molar-refractivity contribution is -0.121. The lowest BCUT2D eigenvalue weighted by atomic mass is 10.2. The number of nitrogens with two attached hydrogens (primary N) is 1. The highest BCUT2D eigenvalue weighted by atomic mass is 35.5. The van der Waals surface area contributed by atoms with Gasteiger partial charge in [-0.1, -0.05) is 30.3 Å². The topological polar surface area (TPSA) is 58.4 Å². The fraction of sp³-hybridized carbons (Fsp3) is 0.500. The van der Waals surface area contributed by atoms with Crippen LogP contribution in [-0.4, -0.2) is 37.5 Å². The Morgan fingerprint density at radius 1 is 1.25 bits per heavy atom. The van der Waals surface area contributed by atoms with Gasteiger partial charge in [0.05, 0.1) is 0 Å². The predicted octanol–water partition coefficient (Wildman–Crippen LogP) is 1.82. The van der Waals surface area contributed by atoms with Gasteiger partial charge in [0.2, 0.25) is 5.91 Å². The summed E-state index contributed by atoms with van der Waals surface area (Å²) in [5.41, 5.74) is 6.64. The van der Waals surface area contributed by atoms with E-state index in [0.717, 1.165) is 19.5 Å². The van der Waals surface area contributed by atoms with Gasteiger partial charge in [-0.15, -0.1) is 24.8 Å². The SMILES string of the molecule is CN(CCNC(=O)CCCN)Cc1ccccc1.Cl.Cl. The Balaban J connectivity index is 0. The van der Waals surface area contributed by atoms with Crippen molar-refractivity contribution in [1.29, 1.82) is 0 Å². The third kappa shape index (κ3) is 10.0.